The van der Waals surface area contributed by atoms with Crippen molar-refractivity contribution in [3.63, 3.8) is 0 Å². The van der Waals surface area contributed by atoms with Gasteiger partial charge in [0, 0.05) is 118 Å². The first-order valence-corrected chi connectivity index (χ1v) is 22.7. The van der Waals surface area contributed by atoms with E-state index < -0.39 is 65.8 Å². The first-order chi connectivity index (χ1) is 30.0. The number of carbonyl (C=O) groups excluding carboxylic acids is 4. The number of benzene rings is 4. The SMILES string of the molecule is CS(=O)(=O)O.CS(=O)(=O)O.C[C@H](CNCCNC[C@H](C)N1C(=O)c2cc([N+](=O)[O-])cc3c2c(cc2cccnc23)C1=O)N1C(=O)c2cc([N+](=O)[O-])cc3c2c(cc2cccnc23)C1=O. The molecule has 4 N–H and O–H groups in total. The first kappa shape index (κ1) is 46.5. The van der Waals surface area contributed by atoms with E-state index in [1.165, 1.54) is 24.3 Å². The molecule has 0 saturated carbocycles. The molecule has 0 radical (unpaired) electrons. The summed E-state index contributed by atoms with van der Waals surface area (Å²) in [6.07, 6.45) is 4.53. The summed E-state index contributed by atoms with van der Waals surface area (Å²) in [6, 6.07) is 14.1. The molecule has 0 aliphatic carbocycles. The Bertz CT molecular complexity index is 2970. The molecule has 0 spiro atoms. The van der Waals surface area contributed by atoms with Crippen molar-refractivity contribution in [2.75, 3.05) is 38.7 Å². The minimum Gasteiger partial charge on any atom is -0.313 e. The van der Waals surface area contributed by atoms with Crippen molar-refractivity contribution in [2.24, 2.45) is 0 Å². The fourth-order valence-corrected chi connectivity index (χ4v) is 7.55. The summed E-state index contributed by atoms with van der Waals surface area (Å²) in [7, 11) is -7.33. The van der Waals surface area contributed by atoms with E-state index in [0.717, 1.165) is 9.80 Å². The second-order valence-electron chi connectivity index (χ2n) is 14.9. The van der Waals surface area contributed by atoms with Crippen LogP contribution in [0.4, 0.5) is 11.4 Å². The monoisotopic (exact) mass is 918 g/mol. The van der Waals surface area contributed by atoms with Crippen LogP contribution < -0.4 is 10.6 Å². The quantitative estimate of drug-likeness (QED) is 0.0359. The number of hydrogen-bond acceptors (Lipinski definition) is 16. The highest BCUT2D eigenvalue weighted by Crippen LogP contribution is 2.39. The highest BCUT2D eigenvalue weighted by atomic mass is 32.2. The number of non-ortho nitro benzene ring substituents is 2. The smallest absolute Gasteiger partial charge is 0.270 e. The zero-order valence-corrected chi connectivity index (χ0v) is 35.8. The fraction of sp³-hybridized carbons (Fsp3) is 0.250. The molecule has 6 aromatic rings. The van der Waals surface area contributed by atoms with Crippen LogP contribution in [0, 0.1) is 20.2 Å². The lowest BCUT2D eigenvalue weighted by atomic mass is 9.90. The lowest BCUT2D eigenvalue weighted by Gasteiger charge is -2.32. The van der Waals surface area contributed by atoms with E-state index in [2.05, 4.69) is 20.6 Å². The molecule has 0 bridgehead atoms. The molecule has 0 saturated heterocycles. The van der Waals surface area contributed by atoms with Gasteiger partial charge in [-0.2, -0.15) is 16.8 Å². The first-order valence-electron chi connectivity index (χ1n) is 19.0. The van der Waals surface area contributed by atoms with Crippen LogP contribution in [0.3, 0.4) is 0 Å². The molecule has 64 heavy (non-hydrogen) atoms. The molecule has 22 nitrogen and oxygen atoms in total. The van der Waals surface area contributed by atoms with E-state index in [1.54, 1.807) is 62.6 Å². The number of nitrogens with zero attached hydrogens (tertiary/aromatic N) is 6. The standard InChI is InChI=1S/C38H30N8O8.2CH4O3S/c1-19(43-35(47)27-11-21-5-3-7-41-33(21)25-13-23(45(51)52)15-29(31(25)27)37(43)49)17-39-9-10-40-18-20(2)44-36(48)28-12-22-6-4-8-42-34(22)26-14-24(46(53)54)16-30(32(26)28)38(44)50;2*1-5(2,3)4/h3-8,11-16,19-20,39-40H,9-10,17-18H2,1-2H3;2*1H3,(H,2,3,4)/t19-,20+;;. The van der Waals surface area contributed by atoms with Crippen molar-refractivity contribution < 1.29 is 55.0 Å². The number of nitro groups is 2. The molecule has 24 heteroatoms. The molecule has 8 rings (SSSR count). The van der Waals surface area contributed by atoms with Crippen molar-refractivity contribution in [1.82, 2.24) is 30.4 Å². The number of aromatic nitrogens is 2. The largest absolute Gasteiger partial charge is 0.313 e. The minimum absolute atomic E-state index is 0.0592. The molecular weight excluding hydrogens is 881 g/mol. The average Bonchev–Trinajstić information content (AvgIpc) is 3.21. The van der Waals surface area contributed by atoms with Gasteiger partial charge >= 0.3 is 0 Å². The zero-order chi connectivity index (χ0) is 47.0. The summed E-state index contributed by atoms with van der Waals surface area (Å²) in [5.74, 6) is -2.30. The normalized spacial score (nSPS) is 14.6. The van der Waals surface area contributed by atoms with Gasteiger partial charge in [-0.15, -0.1) is 0 Å². The van der Waals surface area contributed by atoms with Gasteiger partial charge < -0.3 is 10.6 Å². The van der Waals surface area contributed by atoms with Crippen molar-refractivity contribution in [3.8, 4) is 0 Å². The van der Waals surface area contributed by atoms with Gasteiger partial charge in [0.25, 0.3) is 55.2 Å². The Kier molecular flexibility index (Phi) is 13.1. The van der Waals surface area contributed by atoms with Gasteiger partial charge in [-0.25, -0.2) is 0 Å². The van der Waals surface area contributed by atoms with Crippen LogP contribution in [0.5, 0.6) is 0 Å². The molecule has 2 aliphatic rings. The third-order valence-electron chi connectivity index (χ3n) is 10.0. The number of imide groups is 2. The number of fused-ring (bicyclic) bond motifs is 4. The Hall–Kier alpha value is -6.96. The number of amides is 4. The molecule has 2 atom stereocenters. The van der Waals surface area contributed by atoms with Gasteiger partial charge in [0.2, 0.25) is 0 Å². The predicted molar refractivity (Wildman–Crippen MR) is 232 cm³/mol. The summed E-state index contributed by atoms with van der Waals surface area (Å²) in [4.78, 5) is 88.5. The maximum Gasteiger partial charge on any atom is 0.270 e. The van der Waals surface area contributed by atoms with Crippen LogP contribution >= 0.6 is 0 Å². The van der Waals surface area contributed by atoms with Crippen LogP contribution in [0.15, 0.2) is 73.1 Å². The van der Waals surface area contributed by atoms with E-state index >= 15 is 0 Å². The molecular formula is C40H38N8O14S2. The van der Waals surface area contributed by atoms with Crippen molar-refractivity contribution in [3.05, 3.63) is 116 Å². The summed E-state index contributed by atoms with van der Waals surface area (Å²) >= 11 is 0. The van der Waals surface area contributed by atoms with E-state index in [9.17, 15) is 56.2 Å². The van der Waals surface area contributed by atoms with Gasteiger partial charge in [-0.1, -0.05) is 12.1 Å². The third-order valence-corrected chi connectivity index (χ3v) is 10.0. The molecule has 2 aliphatic heterocycles. The highest BCUT2D eigenvalue weighted by Gasteiger charge is 2.39. The summed E-state index contributed by atoms with van der Waals surface area (Å²) in [5, 5.41) is 32.7. The number of nitrogens with one attached hydrogen (secondary N) is 2. The van der Waals surface area contributed by atoms with Crippen LogP contribution in [-0.2, 0) is 20.2 Å². The summed E-state index contributed by atoms with van der Waals surface area (Å²) < 4.78 is 51.7. The maximum absolute atomic E-state index is 13.8. The Morgan fingerprint density at radius 2 is 0.922 bits per heavy atom. The zero-order valence-electron chi connectivity index (χ0n) is 34.2. The van der Waals surface area contributed by atoms with E-state index in [1.807, 2.05) is 0 Å². The van der Waals surface area contributed by atoms with E-state index in [0.29, 0.717) is 69.0 Å². The number of hydrogen-bond donors (Lipinski definition) is 4. The highest BCUT2D eigenvalue weighted by molar-refractivity contribution is 7.85. The topological polar surface area (TPSA) is 320 Å². The second kappa shape index (κ2) is 18.0. The van der Waals surface area contributed by atoms with Crippen molar-refractivity contribution in [1.29, 1.82) is 0 Å². The van der Waals surface area contributed by atoms with Gasteiger partial charge in [-0.3, -0.25) is 68.3 Å². The number of carbonyl (C=O) groups is 4. The summed E-state index contributed by atoms with van der Waals surface area (Å²) in [6.45, 7) is 4.60. The molecule has 0 fully saturated rings. The molecule has 0 unspecified atom stereocenters. The molecule has 4 aromatic carbocycles. The van der Waals surface area contributed by atoms with Gasteiger partial charge in [0.1, 0.15) is 0 Å². The molecule has 2 aromatic heterocycles. The maximum atomic E-state index is 13.8. The van der Waals surface area contributed by atoms with Crippen LogP contribution in [-0.4, -0.2) is 130 Å². The van der Waals surface area contributed by atoms with Gasteiger partial charge in [0.05, 0.1) is 44.5 Å². The molecule has 4 heterocycles. The Labute approximate surface area is 363 Å². The molecule has 334 valence electrons. The minimum atomic E-state index is -3.67. The Morgan fingerprint density at radius 3 is 1.23 bits per heavy atom. The lowest BCUT2D eigenvalue weighted by Crippen LogP contribution is -2.51. The van der Waals surface area contributed by atoms with Gasteiger partial charge in [0.15, 0.2) is 0 Å². The lowest BCUT2D eigenvalue weighted by molar-refractivity contribution is -0.384. The number of pyridine rings is 2. The van der Waals surface area contributed by atoms with Crippen LogP contribution in [0.1, 0.15) is 55.3 Å². The fourth-order valence-electron chi connectivity index (χ4n) is 7.55. The van der Waals surface area contributed by atoms with Crippen LogP contribution in [0.2, 0.25) is 0 Å². The Balaban J connectivity index is 0.000000615. The summed E-state index contributed by atoms with van der Waals surface area (Å²) in [5.41, 5.74) is 0.993. The predicted octanol–water partition coefficient (Wildman–Crippen LogP) is 3.76. The second-order valence-corrected chi connectivity index (χ2v) is 17.8. The average molecular weight is 919 g/mol. The molecule has 4 amide bonds. The number of rotatable bonds is 11. The Morgan fingerprint density at radius 1 is 0.609 bits per heavy atom. The number of nitro benzene ring substituents is 2. The van der Waals surface area contributed by atoms with E-state index in [4.69, 9.17) is 9.11 Å². The van der Waals surface area contributed by atoms with Crippen molar-refractivity contribution >= 4 is 98.6 Å². The van der Waals surface area contributed by atoms with E-state index in [-0.39, 0.29) is 46.7 Å². The van der Waals surface area contributed by atoms with Crippen LogP contribution in [0.25, 0.3) is 43.4 Å². The van der Waals surface area contributed by atoms with Gasteiger partial charge in [-0.05, 0) is 38.1 Å². The third kappa shape index (κ3) is 9.80. The van der Waals surface area contributed by atoms with Crippen molar-refractivity contribution in [2.45, 2.75) is 25.9 Å².